The van der Waals surface area contributed by atoms with Crippen LogP contribution in [0.15, 0.2) is 21.2 Å². The summed E-state index contributed by atoms with van der Waals surface area (Å²) in [5.74, 6) is 0.965. The van der Waals surface area contributed by atoms with Gasteiger partial charge in [0.05, 0.1) is 6.04 Å². The number of hydrogen-bond acceptors (Lipinski definition) is 3. The molecule has 1 aliphatic rings. The van der Waals surface area contributed by atoms with E-state index in [1.807, 2.05) is 12.1 Å². The van der Waals surface area contributed by atoms with Crippen LogP contribution in [0.1, 0.15) is 32.1 Å². The van der Waals surface area contributed by atoms with E-state index in [0.717, 1.165) is 23.5 Å². The zero-order valence-corrected chi connectivity index (χ0v) is 11.5. The van der Waals surface area contributed by atoms with Crippen LogP contribution < -0.4 is 5.73 Å². The molecule has 1 aliphatic heterocycles. The molecule has 2 N–H and O–H groups in total. The summed E-state index contributed by atoms with van der Waals surface area (Å²) >= 11 is 3.33. The van der Waals surface area contributed by atoms with Gasteiger partial charge in [-0.05, 0) is 46.4 Å². The Labute approximate surface area is 105 Å². The molecule has 90 valence electrons. The minimum atomic E-state index is 0.216. The minimum absolute atomic E-state index is 0.216. The predicted molar refractivity (Wildman–Crippen MR) is 68.2 cm³/mol. The maximum atomic E-state index is 5.87. The Morgan fingerprint density at radius 1 is 1.56 bits per heavy atom. The fourth-order valence-corrected chi connectivity index (χ4v) is 2.69. The van der Waals surface area contributed by atoms with Crippen molar-refractivity contribution < 1.29 is 4.42 Å². The van der Waals surface area contributed by atoms with Crippen LogP contribution in [0.4, 0.5) is 0 Å². The lowest BCUT2D eigenvalue weighted by Gasteiger charge is -2.26. The third-order valence-electron chi connectivity index (χ3n) is 3.29. The number of likely N-dealkylation sites (tertiary alicyclic amines) is 1. The van der Waals surface area contributed by atoms with Crippen molar-refractivity contribution in [3.63, 3.8) is 0 Å². The van der Waals surface area contributed by atoms with Gasteiger partial charge < -0.3 is 10.2 Å². The Balaban J connectivity index is 2.12. The lowest BCUT2D eigenvalue weighted by Crippen LogP contribution is -2.32. The Morgan fingerprint density at radius 2 is 2.31 bits per heavy atom. The van der Waals surface area contributed by atoms with E-state index in [2.05, 4.69) is 34.7 Å². The Kier molecular flexibility index (Phi) is 3.42. The highest BCUT2D eigenvalue weighted by Crippen LogP contribution is 2.35. The summed E-state index contributed by atoms with van der Waals surface area (Å²) in [5, 5.41) is 0. The smallest absolute Gasteiger partial charge is 0.169 e. The molecule has 3 nitrogen and oxygen atoms in total. The van der Waals surface area contributed by atoms with Crippen LogP contribution >= 0.6 is 15.9 Å². The van der Waals surface area contributed by atoms with Gasteiger partial charge >= 0.3 is 0 Å². The van der Waals surface area contributed by atoms with Crippen molar-refractivity contribution in [2.45, 2.75) is 26.3 Å². The number of nitrogens with two attached hydrogens (primary N) is 1. The summed E-state index contributed by atoms with van der Waals surface area (Å²) in [5.41, 5.74) is 6.27. The van der Waals surface area contributed by atoms with Crippen LogP contribution in [0, 0.1) is 5.41 Å². The van der Waals surface area contributed by atoms with E-state index in [-0.39, 0.29) is 6.04 Å². The van der Waals surface area contributed by atoms with Crippen molar-refractivity contribution in [2.75, 3.05) is 19.6 Å². The van der Waals surface area contributed by atoms with Crippen molar-refractivity contribution in [1.82, 2.24) is 4.90 Å². The largest absolute Gasteiger partial charge is 0.453 e. The van der Waals surface area contributed by atoms with Gasteiger partial charge in [-0.1, -0.05) is 13.8 Å². The Bertz CT molecular complexity index is 362. The molecule has 2 rings (SSSR count). The fraction of sp³-hybridized carbons (Fsp3) is 0.667. The van der Waals surface area contributed by atoms with Crippen LogP contribution in [0.5, 0.6) is 0 Å². The molecule has 16 heavy (non-hydrogen) atoms. The van der Waals surface area contributed by atoms with Gasteiger partial charge in [0.2, 0.25) is 0 Å². The summed E-state index contributed by atoms with van der Waals surface area (Å²) in [6, 6.07) is 4.15. The second kappa shape index (κ2) is 4.51. The Morgan fingerprint density at radius 3 is 2.75 bits per heavy atom. The minimum Gasteiger partial charge on any atom is -0.453 e. The second-order valence-electron chi connectivity index (χ2n) is 5.28. The first kappa shape index (κ1) is 12.1. The van der Waals surface area contributed by atoms with Crippen molar-refractivity contribution in [2.24, 2.45) is 11.1 Å². The molecule has 2 heterocycles. The normalized spacial score (nSPS) is 22.5. The van der Waals surface area contributed by atoms with Gasteiger partial charge in [-0.25, -0.2) is 0 Å². The summed E-state index contributed by atoms with van der Waals surface area (Å²) in [6.07, 6.45) is 1.23. The highest BCUT2D eigenvalue weighted by Gasteiger charge is 2.34. The van der Waals surface area contributed by atoms with Crippen LogP contribution in [0.3, 0.4) is 0 Å². The highest BCUT2D eigenvalue weighted by molar-refractivity contribution is 9.10. The third kappa shape index (κ3) is 2.50. The second-order valence-corrected chi connectivity index (χ2v) is 6.06. The van der Waals surface area contributed by atoms with Gasteiger partial charge in [0.15, 0.2) is 4.67 Å². The lowest BCUT2D eigenvalue weighted by atomic mass is 9.93. The number of rotatable bonds is 3. The summed E-state index contributed by atoms with van der Waals surface area (Å²) in [7, 11) is 0. The quantitative estimate of drug-likeness (QED) is 0.929. The van der Waals surface area contributed by atoms with Gasteiger partial charge in [0.1, 0.15) is 5.76 Å². The van der Waals surface area contributed by atoms with Gasteiger partial charge in [-0.15, -0.1) is 0 Å². The molecular formula is C12H19BrN2O. The zero-order chi connectivity index (χ0) is 11.8. The summed E-state index contributed by atoms with van der Waals surface area (Å²) in [4.78, 5) is 2.42. The van der Waals surface area contributed by atoms with E-state index in [1.54, 1.807) is 0 Å². The average Bonchev–Trinajstić information content (AvgIpc) is 2.75. The topological polar surface area (TPSA) is 42.4 Å². The van der Waals surface area contributed by atoms with E-state index in [4.69, 9.17) is 10.2 Å². The number of hydrogen-bond donors (Lipinski definition) is 1. The molecule has 1 saturated heterocycles. The highest BCUT2D eigenvalue weighted by atomic mass is 79.9. The molecule has 0 radical (unpaired) electrons. The molecule has 1 atom stereocenters. The maximum absolute atomic E-state index is 5.87. The van der Waals surface area contributed by atoms with Gasteiger partial charge in [-0.2, -0.15) is 0 Å². The lowest BCUT2D eigenvalue weighted by molar-refractivity contribution is 0.198. The van der Waals surface area contributed by atoms with Gasteiger partial charge in [-0.3, -0.25) is 4.90 Å². The van der Waals surface area contributed by atoms with E-state index in [0.29, 0.717) is 12.0 Å². The molecular weight excluding hydrogens is 268 g/mol. The SMILES string of the molecule is CC1(C)CCN(C(CN)c2ccc(Br)o2)C1. The standard InChI is InChI=1S/C12H19BrN2O/c1-12(2)5-6-15(8-12)9(7-14)10-3-4-11(13)16-10/h3-4,9H,5-8,14H2,1-2H3. The zero-order valence-electron chi connectivity index (χ0n) is 9.87. The molecule has 0 aromatic carbocycles. The van der Waals surface area contributed by atoms with E-state index >= 15 is 0 Å². The van der Waals surface area contributed by atoms with E-state index < -0.39 is 0 Å². The number of halogens is 1. The molecule has 1 fully saturated rings. The monoisotopic (exact) mass is 286 g/mol. The molecule has 1 unspecified atom stereocenters. The first-order valence-electron chi connectivity index (χ1n) is 5.71. The van der Waals surface area contributed by atoms with E-state index in [1.165, 1.54) is 6.42 Å². The first-order chi connectivity index (χ1) is 7.52. The van der Waals surface area contributed by atoms with Crippen LogP contribution in [0.2, 0.25) is 0 Å². The van der Waals surface area contributed by atoms with Crippen molar-refractivity contribution in [3.05, 3.63) is 22.6 Å². The van der Waals surface area contributed by atoms with Gasteiger partial charge in [0.25, 0.3) is 0 Å². The third-order valence-corrected chi connectivity index (χ3v) is 3.72. The Hall–Kier alpha value is -0.320. The molecule has 0 saturated carbocycles. The molecule has 4 heteroatoms. The van der Waals surface area contributed by atoms with E-state index in [9.17, 15) is 0 Å². The molecule has 0 amide bonds. The molecule has 0 aliphatic carbocycles. The molecule has 1 aromatic rings. The summed E-state index contributed by atoms with van der Waals surface area (Å²) < 4.78 is 6.39. The predicted octanol–water partition coefficient (Wildman–Crippen LogP) is 2.77. The molecule has 0 spiro atoms. The number of furan rings is 1. The van der Waals surface area contributed by atoms with Crippen LogP contribution in [0.25, 0.3) is 0 Å². The van der Waals surface area contributed by atoms with Gasteiger partial charge in [0, 0.05) is 13.1 Å². The van der Waals surface area contributed by atoms with Crippen molar-refractivity contribution in [1.29, 1.82) is 0 Å². The average molecular weight is 287 g/mol. The maximum Gasteiger partial charge on any atom is 0.169 e. The molecule has 1 aromatic heterocycles. The van der Waals surface area contributed by atoms with Crippen molar-refractivity contribution in [3.8, 4) is 0 Å². The van der Waals surface area contributed by atoms with Crippen LogP contribution in [-0.2, 0) is 0 Å². The fourth-order valence-electron chi connectivity index (χ4n) is 2.37. The van der Waals surface area contributed by atoms with Crippen molar-refractivity contribution >= 4 is 15.9 Å². The number of nitrogens with zero attached hydrogens (tertiary/aromatic N) is 1. The summed E-state index contributed by atoms with van der Waals surface area (Å²) in [6.45, 7) is 7.41. The van der Waals surface area contributed by atoms with Crippen LogP contribution in [-0.4, -0.2) is 24.5 Å². The molecule has 0 bridgehead atoms. The first-order valence-corrected chi connectivity index (χ1v) is 6.50.